The van der Waals surface area contributed by atoms with Gasteiger partial charge in [0.05, 0.1) is 5.56 Å². The van der Waals surface area contributed by atoms with Crippen LogP contribution >= 0.6 is 0 Å². The Bertz CT molecular complexity index is 1060. The number of aromatic amines is 1. The van der Waals surface area contributed by atoms with Crippen LogP contribution in [0, 0.1) is 18.6 Å². The van der Waals surface area contributed by atoms with Gasteiger partial charge in [-0.3, -0.25) is 9.59 Å². The number of pyridine rings is 1. The molecule has 3 aromatic rings. The Morgan fingerprint density at radius 1 is 1.20 bits per heavy atom. The number of nitrogens with one attached hydrogen (secondary N) is 1. The molecule has 0 aliphatic heterocycles. The molecule has 3 N–H and O–H groups in total. The van der Waals surface area contributed by atoms with Gasteiger partial charge in [-0.05, 0) is 48.6 Å². The van der Waals surface area contributed by atoms with Crippen molar-refractivity contribution >= 4 is 16.6 Å². The highest BCUT2D eigenvalue weighted by Crippen LogP contribution is 2.28. The lowest BCUT2D eigenvalue weighted by atomic mass is 9.93. The van der Waals surface area contributed by atoms with E-state index in [9.17, 15) is 18.4 Å². The number of nitrogens with two attached hydrogens (primary N) is 1. The lowest BCUT2D eigenvalue weighted by Crippen LogP contribution is -2.15. The first kappa shape index (κ1) is 17.0. The van der Waals surface area contributed by atoms with Crippen LogP contribution in [0.2, 0.25) is 0 Å². The second-order valence-electron chi connectivity index (χ2n) is 5.95. The maximum atomic E-state index is 14.7. The van der Waals surface area contributed by atoms with Crippen LogP contribution in [-0.2, 0) is 0 Å². The zero-order chi connectivity index (χ0) is 18.3. The van der Waals surface area contributed by atoms with Gasteiger partial charge in [-0.2, -0.15) is 0 Å². The fraction of sp³-hybridized carbons (Fsp3) is 0.158. The SMILES string of the molecule is Cc1c(C(C)N)cc(F)c(C(=O)c2cccc3c(=O)[nH]ccc23)c1F. The number of carbonyl (C=O) groups excluding carboxylic acids is 1. The molecule has 0 fully saturated rings. The van der Waals surface area contributed by atoms with Gasteiger partial charge in [0.15, 0.2) is 5.78 Å². The zero-order valence-electron chi connectivity index (χ0n) is 13.7. The van der Waals surface area contributed by atoms with Crippen LogP contribution in [0.5, 0.6) is 0 Å². The summed E-state index contributed by atoms with van der Waals surface area (Å²) in [6.45, 7) is 3.07. The van der Waals surface area contributed by atoms with Gasteiger partial charge in [-0.25, -0.2) is 8.78 Å². The molecule has 1 atom stereocenters. The molecule has 0 radical (unpaired) electrons. The number of aromatic nitrogens is 1. The van der Waals surface area contributed by atoms with Crippen molar-refractivity contribution in [2.45, 2.75) is 19.9 Å². The third-order valence-electron chi connectivity index (χ3n) is 4.28. The van der Waals surface area contributed by atoms with Crippen molar-refractivity contribution in [1.29, 1.82) is 0 Å². The number of carbonyl (C=O) groups is 1. The van der Waals surface area contributed by atoms with Crippen LogP contribution in [0.25, 0.3) is 10.8 Å². The second-order valence-corrected chi connectivity index (χ2v) is 5.95. The monoisotopic (exact) mass is 342 g/mol. The number of H-pyrrole nitrogens is 1. The third-order valence-corrected chi connectivity index (χ3v) is 4.28. The lowest BCUT2D eigenvalue weighted by Gasteiger charge is -2.14. The lowest BCUT2D eigenvalue weighted by molar-refractivity contribution is 0.103. The van der Waals surface area contributed by atoms with Crippen molar-refractivity contribution < 1.29 is 13.6 Å². The maximum absolute atomic E-state index is 14.7. The van der Waals surface area contributed by atoms with Crippen molar-refractivity contribution in [3.63, 3.8) is 0 Å². The molecule has 0 amide bonds. The predicted octanol–water partition coefficient (Wildman–Crippen LogP) is 3.37. The van der Waals surface area contributed by atoms with E-state index in [4.69, 9.17) is 5.73 Å². The van der Waals surface area contributed by atoms with E-state index in [0.29, 0.717) is 10.9 Å². The van der Waals surface area contributed by atoms with Gasteiger partial charge in [-0.15, -0.1) is 0 Å². The fourth-order valence-corrected chi connectivity index (χ4v) is 2.97. The van der Waals surface area contributed by atoms with Gasteiger partial charge < -0.3 is 10.7 Å². The topological polar surface area (TPSA) is 76.0 Å². The van der Waals surface area contributed by atoms with Crippen molar-refractivity contribution in [3.05, 3.63) is 80.8 Å². The van der Waals surface area contributed by atoms with Crippen molar-refractivity contribution in [3.8, 4) is 0 Å². The molecule has 1 heterocycles. The van der Waals surface area contributed by atoms with Crippen LogP contribution in [0.3, 0.4) is 0 Å². The Labute approximate surface area is 142 Å². The highest BCUT2D eigenvalue weighted by molar-refractivity contribution is 6.16. The van der Waals surface area contributed by atoms with Gasteiger partial charge >= 0.3 is 0 Å². The number of rotatable bonds is 3. The minimum atomic E-state index is -0.970. The van der Waals surface area contributed by atoms with E-state index in [2.05, 4.69) is 4.98 Å². The summed E-state index contributed by atoms with van der Waals surface area (Å²) in [6.07, 6.45) is 1.39. The van der Waals surface area contributed by atoms with Gasteiger partial charge in [0.2, 0.25) is 0 Å². The summed E-state index contributed by atoms with van der Waals surface area (Å²) < 4.78 is 29.2. The van der Waals surface area contributed by atoms with Crippen LogP contribution < -0.4 is 11.3 Å². The average Bonchev–Trinajstić information content (AvgIpc) is 2.57. The van der Waals surface area contributed by atoms with E-state index in [1.165, 1.54) is 31.3 Å². The molecule has 0 aliphatic rings. The number of fused-ring (bicyclic) bond motifs is 1. The molecule has 0 saturated heterocycles. The van der Waals surface area contributed by atoms with E-state index in [0.717, 1.165) is 6.07 Å². The molecule has 1 unspecified atom stereocenters. The Kier molecular flexibility index (Phi) is 4.22. The van der Waals surface area contributed by atoms with Crippen LogP contribution in [-0.4, -0.2) is 10.8 Å². The highest BCUT2D eigenvalue weighted by Gasteiger charge is 2.25. The van der Waals surface area contributed by atoms with E-state index in [-0.39, 0.29) is 22.1 Å². The number of hydrogen-bond donors (Lipinski definition) is 2. The number of halogens is 2. The minimum Gasteiger partial charge on any atom is -0.329 e. The number of ketones is 1. The third kappa shape index (κ3) is 2.74. The summed E-state index contributed by atoms with van der Waals surface area (Å²) in [5, 5.41) is 0.613. The molecule has 0 saturated carbocycles. The Morgan fingerprint density at radius 3 is 2.60 bits per heavy atom. The summed E-state index contributed by atoms with van der Waals surface area (Å²) in [5.41, 5.74) is 5.21. The Morgan fingerprint density at radius 2 is 1.92 bits per heavy atom. The van der Waals surface area contributed by atoms with Crippen LogP contribution in [0.1, 0.15) is 40.0 Å². The van der Waals surface area contributed by atoms with Crippen molar-refractivity contribution in [2.75, 3.05) is 0 Å². The smallest absolute Gasteiger partial charge is 0.255 e. The molecule has 0 spiro atoms. The predicted molar refractivity (Wildman–Crippen MR) is 91.7 cm³/mol. The maximum Gasteiger partial charge on any atom is 0.255 e. The fourth-order valence-electron chi connectivity index (χ4n) is 2.97. The first-order chi connectivity index (χ1) is 11.8. The molecule has 25 heavy (non-hydrogen) atoms. The minimum absolute atomic E-state index is 0.0642. The molecule has 1 aromatic heterocycles. The van der Waals surface area contributed by atoms with Crippen molar-refractivity contribution in [2.24, 2.45) is 5.73 Å². The van der Waals surface area contributed by atoms with Gasteiger partial charge in [0.1, 0.15) is 11.6 Å². The normalized spacial score (nSPS) is 12.4. The largest absolute Gasteiger partial charge is 0.329 e. The molecule has 3 rings (SSSR count). The van der Waals surface area contributed by atoms with E-state index in [1.807, 2.05) is 0 Å². The summed E-state index contributed by atoms with van der Waals surface area (Å²) in [7, 11) is 0. The molecular formula is C19H16F2N2O2. The van der Waals surface area contributed by atoms with E-state index in [1.54, 1.807) is 13.0 Å². The zero-order valence-corrected chi connectivity index (χ0v) is 13.7. The van der Waals surface area contributed by atoms with Crippen LogP contribution in [0.15, 0.2) is 41.3 Å². The Balaban J connectivity index is 2.26. The number of hydrogen-bond acceptors (Lipinski definition) is 3. The first-order valence-electron chi connectivity index (χ1n) is 7.72. The van der Waals surface area contributed by atoms with Crippen LogP contribution in [0.4, 0.5) is 8.78 Å². The molecule has 2 aromatic carbocycles. The van der Waals surface area contributed by atoms with Gasteiger partial charge in [0, 0.05) is 23.2 Å². The highest BCUT2D eigenvalue weighted by atomic mass is 19.1. The molecule has 128 valence electrons. The number of benzene rings is 2. The van der Waals surface area contributed by atoms with E-state index >= 15 is 0 Å². The summed E-state index contributed by atoms with van der Waals surface area (Å²) in [6, 6.07) is 6.55. The summed E-state index contributed by atoms with van der Waals surface area (Å²) >= 11 is 0. The molecule has 6 heteroatoms. The van der Waals surface area contributed by atoms with Gasteiger partial charge in [0.25, 0.3) is 5.56 Å². The molecule has 0 bridgehead atoms. The summed E-state index contributed by atoms with van der Waals surface area (Å²) in [4.78, 5) is 27.2. The molecule has 4 nitrogen and oxygen atoms in total. The second kappa shape index (κ2) is 6.22. The Hall–Kier alpha value is -2.86. The van der Waals surface area contributed by atoms with Crippen molar-refractivity contribution in [1.82, 2.24) is 4.98 Å². The van der Waals surface area contributed by atoms with Gasteiger partial charge in [-0.1, -0.05) is 12.1 Å². The average molecular weight is 342 g/mol. The standard InChI is InChI=1S/C19H16F2N2O2/c1-9-14(10(2)22)8-15(20)16(17(9)21)18(24)12-4-3-5-13-11(12)6-7-23-19(13)25/h3-8,10H,22H2,1-2H3,(H,23,25). The van der Waals surface area contributed by atoms with E-state index < -0.39 is 29.0 Å². The summed E-state index contributed by atoms with van der Waals surface area (Å²) in [5.74, 6) is -2.72. The first-order valence-corrected chi connectivity index (χ1v) is 7.72. The molecular weight excluding hydrogens is 326 g/mol. The molecule has 0 aliphatic carbocycles. The quantitative estimate of drug-likeness (QED) is 0.717.